The molecule has 0 aromatic heterocycles. The normalized spacial score (nSPS) is 47.0. The van der Waals surface area contributed by atoms with Crippen LogP contribution in [0, 0.1) is 22.2 Å². The number of hydrogen-bond donors (Lipinski definition) is 1. The minimum absolute atomic E-state index is 0.199. The van der Waals surface area contributed by atoms with Crippen molar-refractivity contribution < 1.29 is 5.11 Å². The molecule has 0 radical (unpaired) electrons. The van der Waals surface area contributed by atoms with Crippen molar-refractivity contribution in [3.8, 4) is 0 Å². The molecular weight excluding hydrogens is 377 g/mol. The zero-order valence-electron chi connectivity index (χ0n) is 10.1. The molecule has 2 bridgehead atoms. The fourth-order valence-electron chi connectivity index (χ4n) is 4.47. The Labute approximate surface area is 109 Å². The molecular formula is C13H21OTl. The molecule has 3 rings (SSSR count). The van der Waals surface area contributed by atoms with Crippen molar-refractivity contribution in [1.82, 2.24) is 0 Å². The van der Waals surface area contributed by atoms with Crippen LogP contribution in [-0.4, -0.2) is 37.5 Å². The fraction of sp³-hybridized carbons (Fsp3) is 0.846. The van der Waals surface area contributed by atoms with Gasteiger partial charge in [0.1, 0.15) is 0 Å². The van der Waals surface area contributed by atoms with Crippen LogP contribution in [0.15, 0.2) is 12.2 Å². The topological polar surface area (TPSA) is 20.2 Å². The van der Waals surface area contributed by atoms with E-state index in [0.717, 1.165) is 31.7 Å². The zero-order valence-corrected chi connectivity index (χ0v) is 14.6. The van der Waals surface area contributed by atoms with E-state index in [9.17, 15) is 0 Å². The molecule has 0 aromatic carbocycles. The molecule has 0 saturated heterocycles. The summed E-state index contributed by atoms with van der Waals surface area (Å²) in [5.74, 6) is 0.896. The summed E-state index contributed by atoms with van der Waals surface area (Å²) in [6, 6.07) is 0. The van der Waals surface area contributed by atoms with Crippen LogP contribution in [0.4, 0.5) is 0 Å². The van der Waals surface area contributed by atoms with Crippen molar-refractivity contribution in [2.75, 3.05) is 6.61 Å². The molecule has 82 valence electrons. The first-order valence-corrected chi connectivity index (χ1v) is 9.12. The van der Waals surface area contributed by atoms with Gasteiger partial charge in [-0.15, -0.1) is 0 Å². The van der Waals surface area contributed by atoms with Crippen molar-refractivity contribution >= 4 is 25.8 Å². The van der Waals surface area contributed by atoms with E-state index in [1.807, 2.05) is 6.08 Å². The number of allylic oxidation sites excluding steroid dienone is 1. The first-order valence-electron chi connectivity index (χ1n) is 5.95. The van der Waals surface area contributed by atoms with Gasteiger partial charge in [0.15, 0.2) is 0 Å². The van der Waals surface area contributed by atoms with Crippen LogP contribution >= 0.6 is 0 Å². The van der Waals surface area contributed by atoms with Crippen LogP contribution in [-0.2, 0) is 0 Å². The van der Waals surface area contributed by atoms with E-state index in [2.05, 4.69) is 26.8 Å². The number of aliphatic hydroxyl groups is 1. The zero-order chi connectivity index (χ0) is 11.3. The first-order chi connectivity index (χ1) is 6.96. The monoisotopic (exact) mass is 398 g/mol. The SMILES string of the molecule is CC1(C)C2(/C=C/CO)CC[C@@]1(C)[C@H]2[CH2][Tl]. The molecule has 0 heterocycles. The minimum atomic E-state index is 0.199. The molecule has 3 aliphatic rings. The standard InChI is InChI=1S/C13H21O.Tl/c1-10-12(4)7-8-13(10,6-5-9-14)11(12,2)3;/h5-6,10,14H,1,7-9H2,2-4H3;/b6-5+;/t10-,12+,13?;/m1./s1. The average Bonchev–Trinajstić information content (AvgIpc) is 2.61. The third kappa shape index (κ3) is 1.17. The summed E-state index contributed by atoms with van der Waals surface area (Å²) in [5.41, 5.74) is 1.42. The first kappa shape index (κ1) is 12.1. The number of fused-ring (bicyclic) bond motifs is 1. The summed E-state index contributed by atoms with van der Waals surface area (Å²) >= 11 is 1.11. The molecule has 1 N–H and O–H groups in total. The molecule has 1 unspecified atom stereocenters. The van der Waals surface area contributed by atoms with Crippen LogP contribution in [0.25, 0.3) is 0 Å². The van der Waals surface area contributed by atoms with Gasteiger partial charge >= 0.3 is 109 Å². The van der Waals surface area contributed by atoms with Gasteiger partial charge in [-0.05, 0) is 0 Å². The van der Waals surface area contributed by atoms with Crippen LogP contribution in [0.3, 0.4) is 0 Å². The van der Waals surface area contributed by atoms with Crippen molar-refractivity contribution in [2.24, 2.45) is 22.2 Å². The quantitative estimate of drug-likeness (QED) is 0.573. The van der Waals surface area contributed by atoms with Crippen LogP contribution in [0.1, 0.15) is 33.6 Å². The van der Waals surface area contributed by atoms with E-state index < -0.39 is 0 Å². The molecule has 0 aromatic rings. The van der Waals surface area contributed by atoms with Gasteiger partial charge in [-0.1, -0.05) is 0 Å². The predicted octanol–water partition coefficient (Wildman–Crippen LogP) is 2.56. The Kier molecular flexibility index (Phi) is 2.87. The summed E-state index contributed by atoms with van der Waals surface area (Å²) in [6.45, 7) is 7.54. The van der Waals surface area contributed by atoms with E-state index in [4.69, 9.17) is 5.11 Å². The Morgan fingerprint density at radius 3 is 2.47 bits per heavy atom. The molecule has 0 aliphatic heterocycles. The van der Waals surface area contributed by atoms with E-state index in [1.54, 1.807) is 0 Å². The molecule has 0 amide bonds. The van der Waals surface area contributed by atoms with Crippen molar-refractivity contribution in [1.29, 1.82) is 0 Å². The van der Waals surface area contributed by atoms with Gasteiger partial charge in [-0.25, -0.2) is 0 Å². The summed E-state index contributed by atoms with van der Waals surface area (Å²) in [4.78, 5) is 0. The molecule has 3 aliphatic carbocycles. The summed E-state index contributed by atoms with van der Waals surface area (Å²) in [6.07, 6.45) is 7.03. The average molecular weight is 398 g/mol. The van der Waals surface area contributed by atoms with Crippen molar-refractivity contribution in [3.63, 3.8) is 0 Å². The van der Waals surface area contributed by atoms with Gasteiger partial charge in [0.2, 0.25) is 0 Å². The van der Waals surface area contributed by atoms with Crippen molar-refractivity contribution in [3.05, 3.63) is 12.2 Å². The van der Waals surface area contributed by atoms with Gasteiger partial charge in [0.25, 0.3) is 0 Å². The second-order valence-electron chi connectivity index (χ2n) is 5.96. The summed E-state index contributed by atoms with van der Waals surface area (Å²) in [7, 11) is 0. The Morgan fingerprint density at radius 1 is 1.33 bits per heavy atom. The van der Waals surface area contributed by atoms with Crippen LogP contribution < -0.4 is 0 Å². The van der Waals surface area contributed by atoms with Gasteiger partial charge < -0.3 is 0 Å². The molecule has 3 fully saturated rings. The summed E-state index contributed by atoms with van der Waals surface area (Å²) in [5, 5.41) is 8.98. The maximum atomic E-state index is 8.98. The Morgan fingerprint density at radius 2 is 2.00 bits per heavy atom. The Bertz CT molecular complexity index is 297. The van der Waals surface area contributed by atoms with Crippen LogP contribution in [0.2, 0.25) is 3.98 Å². The van der Waals surface area contributed by atoms with Crippen molar-refractivity contribution in [2.45, 2.75) is 37.6 Å². The number of aliphatic hydroxyl groups excluding tert-OH is 1. The Hall–Kier alpha value is 0.622. The second-order valence-corrected chi connectivity index (χ2v) is 7.79. The van der Waals surface area contributed by atoms with E-state index in [-0.39, 0.29) is 6.61 Å². The molecule has 2 heteroatoms. The van der Waals surface area contributed by atoms with Gasteiger partial charge in [-0.2, -0.15) is 0 Å². The molecule has 3 saturated carbocycles. The van der Waals surface area contributed by atoms with Crippen LogP contribution in [0.5, 0.6) is 0 Å². The number of hydrogen-bond acceptors (Lipinski definition) is 1. The molecule has 3 atom stereocenters. The van der Waals surface area contributed by atoms with E-state index >= 15 is 0 Å². The molecule has 15 heavy (non-hydrogen) atoms. The van der Waals surface area contributed by atoms with E-state index in [1.165, 1.54) is 16.8 Å². The number of rotatable bonds is 3. The maximum absolute atomic E-state index is 8.98. The molecule has 1 nitrogen and oxygen atoms in total. The van der Waals surface area contributed by atoms with Gasteiger partial charge in [-0.3, -0.25) is 0 Å². The molecule has 0 spiro atoms. The third-order valence-corrected chi connectivity index (χ3v) is 7.63. The fourth-order valence-corrected chi connectivity index (χ4v) is 8.13. The van der Waals surface area contributed by atoms with E-state index in [0.29, 0.717) is 16.2 Å². The predicted molar refractivity (Wildman–Crippen MR) is 63.8 cm³/mol. The third-order valence-electron chi connectivity index (χ3n) is 5.80. The second kappa shape index (κ2) is 3.56. The summed E-state index contributed by atoms with van der Waals surface area (Å²) < 4.78 is 1.44. The van der Waals surface area contributed by atoms with Gasteiger partial charge in [0, 0.05) is 0 Å². The Balaban J connectivity index is 2.36. The van der Waals surface area contributed by atoms with Gasteiger partial charge in [0.05, 0.1) is 0 Å².